The van der Waals surface area contributed by atoms with Crippen molar-refractivity contribution < 1.29 is 0 Å². The Morgan fingerprint density at radius 3 is 1.11 bits per heavy atom. The number of anilines is 1. The molecule has 7 aromatic carbocycles. The summed E-state index contributed by atoms with van der Waals surface area (Å²) in [5.41, 5.74) is 15.6. The van der Waals surface area contributed by atoms with E-state index in [2.05, 4.69) is 179 Å². The first kappa shape index (κ1) is 25.5. The summed E-state index contributed by atoms with van der Waals surface area (Å²) in [4.78, 5) is 2.69. The topological polar surface area (TPSA) is 8.17 Å². The summed E-state index contributed by atoms with van der Waals surface area (Å²) in [6.07, 6.45) is 0. The van der Waals surface area contributed by atoms with Crippen LogP contribution in [0.2, 0.25) is 0 Å². The molecule has 0 atom stereocenters. The van der Waals surface area contributed by atoms with Crippen LogP contribution in [0.15, 0.2) is 170 Å². The van der Waals surface area contributed by atoms with Gasteiger partial charge in [0.05, 0.1) is 23.1 Å². The summed E-state index contributed by atoms with van der Waals surface area (Å²) in [7, 11) is 0. The molecule has 0 N–H and O–H groups in total. The first-order valence-corrected chi connectivity index (χ1v) is 16.1. The highest BCUT2D eigenvalue weighted by Crippen LogP contribution is 2.55. The van der Waals surface area contributed by atoms with E-state index in [9.17, 15) is 0 Å². The second-order valence-electron chi connectivity index (χ2n) is 12.4. The zero-order valence-corrected chi connectivity index (χ0v) is 25.2. The molecule has 0 aliphatic heterocycles. The summed E-state index contributed by atoms with van der Waals surface area (Å²) in [6.45, 7) is 0. The highest BCUT2D eigenvalue weighted by Gasteiger charge is 2.41. The molecule has 10 rings (SSSR count). The minimum absolute atomic E-state index is 0.0655. The van der Waals surface area contributed by atoms with Crippen LogP contribution < -0.4 is 4.90 Å². The molecule has 46 heavy (non-hydrogen) atoms. The average molecular weight is 587 g/mol. The van der Waals surface area contributed by atoms with Gasteiger partial charge in [0.15, 0.2) is 0 Å². The van der Waals surface area contributed by atoms with E-state index in [-0.39, 0.29) is 12.1 Å². The fraction of sp³-hybridized carbons (Fsp3) is 0.0455. The molecule has 0 bridgehead atoms. The number of benzene rings is 7. The van der Waals surface area contributed by atoms with Gasteiger partial charge in [0.2, 0.25) is 0 Å². The van der Waals surface area contributed by atoms with Gasteiger partial charge in [-0.25, -0.2) is 0 Å². The van der Waals surface area contributed by atoms with E-state index in [1.165, 1.54) is 77.7 Å². The van der Waals surface area contributed by atoms with Crippen molar-refractivity contribution in [3.05, 3.63) is 192 Å². The van der Waals surface area contributed by atoms with Crippen LogP contribution in [0.4, 0.5) is 5.69 Å². The number of rotatable bonds is 4. The maximum absolute atomic E-state index is 2.69. The molecule has 0 saturated carbocycles. The summed E-state index contributed by atoms with van der Waals surface area (Å²) in [5.74, 6) is 0. The van der Waals surface area contributed by atoms with Crippen molar-refractivity contribution in [2.45, 2.75) is 12.1 Å². The molecule has 2 aliphatic rings. The van der Waals surface area contributed by atoms with Crippen LogP contribution >= 0.6 is 0 Å². The van der Waals surface area contributed by atoms with Crippen molar-refractivity contribution in [2.75, 3.05) is 4.90 Å². The van der Waals surface area contributed by atoms with Crippen LogP contribution in [0, 0.1) is 0 Å². The van der Waals surface area contributed by atoms with Gasteiger partial charge in [-0.2, -0.15) is 0 Å². The Kier molecular flexibility index (Phi) is 5.44. The fourth-order valence-corrected chi connectivity index (χ4v) is 8.28. The summed E-state index contributed by atoms with van der Waals surface area (Å²) in [6, 6.07) is 62.8. The Morgan fingerprint density at radius 2 is 0.696 bits per heavy atom. The highest BCUT2D eigenvalue weighted by atomic mass is 15.2. The Balaban J connectivity index is 1.21. The summed E-state index contributed by atoms with van der Waals surface area (Å²) in [5, 5.41) is 2.56. The third kappa shape index (κ3) is 3.53. The second kappa shape index (κ2) is 9.82. The smallest absolute Gasteiger partial charge is 0.0817 e. The zero-order valence-electron chi connectivity index (χ0n) is 25.2. The van der Waals surface area contributed by atoms with Gasteiger partial charge in [0.25, 0.3) is 0 Å². The molecule has 0 fully saturated rings. The second-order valence-corrected chi connectivity index (χ2v) is 12.4. The number of hydrogen-bond donors (Lipinski definition) is 0. The van der Waals surface area contributed by atoms with Crippen LogP contribution in [0.3, 0.4) is 0 Å². The molecule has 2 nitrogen and oxygen atoms in total. The van der Waals surface area contributed by atoms with Crippen molar-refractivity contribution in [2.24, 2.45) is 0 Å². The molecule has 0 amide bonds. The summed E-state index contributed by atoms with van der Waals surface area (Å²) >= 11 is 0. The maximum atomic E-state index is 2.69. The quantitative estimate of drug-likeness (QED) is 0.199. The molecule has 0 saturated heterocycles. The Bertz CT molecular complexity index is 2210. The number of hydrogen-bond acceptors (Lipinski definition) is 1. The number of para-hydroxylation sites is 2. The lowest BCUT2D eigenvalue weighted by molar-refractivity contribution is 0.653. The SMILES string of the molecule is c1ccc2c(c1)-c1ccccc1C2N(c1ccc(-n2c3ccccc3c3ccccc32)cc1)C1c2ccccc2-c2ccccc21. The predicted molar refractivity (Wildman–Crippen MR) is 191 cm³/mol. The Hall–Kier alpha value is -5.86. The third-order valence-corrected chi connectivity index (χ3v) is 10.1. The standard InChI is InChI=1S/C44H30N2/c1-5-19-37-31(13-1)32-14-2-6-20-38(32)43(37)46(44-39-21-7-3-15-33(39)34-16-4-8-22-40(34)44)30-27-25-29(26-28-30)45-41-23-11-9-17-35(41)36-18-10-12-24-42(36)45/h1-28,43-44H. The molecule has 8 aromatic rings. The minimum atomic E-state index is 0.0655. The molecule has 0 radical (unpaired) electrons. The van der Waals surface area contributed by atoms with E-state index >= 15 is 0 Å². The van der Waals surface area contributed by atoms with Gasteiger partial charge >= 0.3 is 0 Å². The third-order valence-electron chi connectivity index (χ3n) is 10.1. The van der Waals surface area contributed by atoms with E-state index in [0.29, 0.717) is 0 Å². The van der Waals surface area contributed by atoms with E-state index in [4.69, 9.17) is 0 Å². The molecular formula is C44H30N2. The van der Waals surface area contributed by atoms with Crippen LogP contribution in [0.5, 0.6) is 0 Å². The minimum Gasteiger partial charge on any atom is -0.349 e. The monoisotopic (exact) mass is 586 g/mol. The predicted octanol–water partition coefficient (Wildman–Crippen LogP) is 11.1. The molecule has 1 aromatic heterocycles. The fourth-order valence-electron chi connectivity index (χ4n) is 8.28. The molecular weight excluding hydrogens is 556 g/mol. The first-order chi connectivity index (χ1) is 22.9. The van der Waals surface area contributed by atoms with Crippen LogP contribution in [0.25, 0.3) is 49.7 Å². The number of fused-ring (bicyclic) bond motifs is 9. The lowest BCUT2D eigenvalue weighted by Gasteiger charge is -2.39. The van der Waals surface area contributed by atoms with E-state index in [1.807, 2.05) is 0 Å². The Morgan fingerprint density at radius 1 is 0.348 bits per heavy atom. The Labute approximate surface area is 268 Å². The molecule has 1 heterocycles. The van der Waals surface area contributed by atoms with Crippen molar-refractivity contribution in [3.8, 4) is 27.9 Å². The molecule has 216 valence electrons. The van der Waals surface area contributed by atoms with Crippen molar-refractivity contribution in [1.29, 1.82) is 0 Å². The average Bonchev–Trinajstić information content (AvgIpc) is 3.76. The number of aromatic nitrogens is 1. The lowest BCUT2D eigenvalue weighted by Crippen LogP contribution is -2.32. The largest absolute Gasteiger partial charge is 0.349 e. The van der Waals surface area contributed by atoms with E-state index in [0.717, 1.165) is 0 Å². The van der Waals surface area contributed by atoms with Gasteiger partial charge in [0.1, 0.15) is 0 Å². The van der Waals surface area contributed by atoms with Crippen LogP contribution in [-0.2, 0) is 0 Å². The number of nitrogens with zero attached hydrogens (tertiary/aromatic N) is 2. The molecule has 2 aliphatic carbocycles. The zero-order chi connectivity index (χ0) is 30.2. The lowest BCUT2D eigenvalue weighted by atomic mass is 9.95. The van der Waals surface area contributed by atoms with E-state index in [1.54, 1.807) is 0 Å². The molecule has 2 heteroatoms. The van der Waals surface area contributed by atoms with Gasteiger partial charge in [-0.05, 0) is 80.9 Å². The summed E-state index contributed by atoms with van der Waals surface area (Å²) < 4.78 is 2.40. The van der Waals surface area contributed by atoms with Crippen LogP contribution in [-0.4, -0.2) is 4.57 Å². The molecule has 0 unspecified atom stereocenters. The van der Waals surface area contributed by atoms with Gasteiger partial charge in [0, 0.05) is 22.1 Å². The maximum Gasteiger partial charge on any atom is 0.0817 e. The molecule has 0 spiro atoms. The van der Waals surface area contributed by atoms with Crippen molar-refractivity contribution in [3.63, 3.8) is 0 Å². The van der Waals surface area contributed by atoms with Crippen molar-refractivity contribution >= 4 is 27.5 Å². The van der Waals surface area contributed by atoms with Gasteiger partial charge in [-0.1, -0.05) is 133 Å². The normalized spacial score (nSPS) is 13.5. The van der Waals surface area contributed by atoms with Crippen LogP contribution in [0.1, 0.15) is 34.3 Å². The van der Waals surface area contributed by atoms with Gasteiger partial charge in [-0.3, -0.25) is 0 Å². The highest BCUT2D eigenvalue weighted by molar-refractivity contribution is 6.09. The van der Waals surface area contributed by atoms with Gasteiger partial charge < -0.3 is 9.47 Å². The van der Waals surface area contributed by atoms with Crippen molar-refractivity contribution in [1.82, 2.24) is 4.57 Å². The first-order valence-electron chi connectivity index (χ1n) is 16.1. The van der Waals surface area contributed by atoms with E-state index < -0.39 is 0 Å². The van der Waals surface area contributed by atoms with Gasteiger partial charge in [-0.15, -0.1) is 0 Å².